The molecule has 0 fully saturated rings. The number of nitrogens with two attached hydrogens (primary N) is 1. The molecule has 1 aliphatic rings. The zero-order chi connectivity index (χ0) is 11.4. The number of rotatable bonds is 4. The first kappa shape index (κ1) is 10.8. The lowest BCUT2D eigenvalue weighted by Gasteiger charge is -2.09. The standard InChI is InChI=1S/C10H14N4O2/c11-8-2-1-7(5-8)10(15)12-4-3-9-13-6-14-16-9/h1-2,6-8H,3-5,11H2,(H,12,15). The molecule has 0 aliphatic heterocycles. The number of nitrogens with zero attached hydrogens (tertiary/aromatic N) is 2. The molecule has 2 atom stereocenters. The average Bonchev–Trinajstić information content (AvgIpc) is 2.89. The number of hydrogen-bond donors (Lipinski definition) is 2. The lowest BCUT2D eigenvalue weighted by atomic mass is 10.1. The van der Waals surface area contributed by atoms with Gasteiger partial charge in [0.1, 0.15) is 0 Å². The molecular weight excluding hydrogens is 208 g/mol. The number of nitrogens with one attached hydrogen (secondary N) is 1. The first-order chi connectivity index (χ1) is 7.75. The van der Waals surface area contributed by atoms with E-state index in [1.54, 1.807) is 0 Å². The SMILES string of the molecule is NC1C=CC(C(=O)NCCc2ncno2)C1. The van der Waals surface area contributed by atoms with Crippen molar-refractivity contribution in [2.45, 2.75) is 18.9 Å². The van der Waals surface area contributed by atoms with Crippen LogP contribution in [0.4, 0.5) is 0 Å². The summed E-state index contributed by atoms with van der Waals surface area (Å²) in [6.45, 7) is 0.501. The second-order valence-corrected chi connectivity index (χ2v) is 3.77. The summed E-state index contributed by atoms with van der Waals surface area (Å²) in [5.41, 5.74) is 5.67. The Morgan fingerprint density at radius 2 is 2.50 bits per heavy atom. The van der Waals surface area contributed by atoms with Gasteiger partial charge in [-0.15, -0.1) is 0 Å². The number of amides is 1. The fraction of sp³-hybridized carbons (Fsp3) is 0.500. The van der Waals surface area contributed by atoms with Gasteiger partial charge in [-0.25, -0.2) is 0 Å². The maximum Gasteiger partial charge on any atom is 0.228 e. The second-order valence-electron chi connectivity index (χ2n) is 3.77. The van der Waals surface area contributed by atoms with Gasteiger partial charge in [-0.05, 0) is 6.42 Å². The van der Waals surface area contributed by atoms with E-state index in [1.807, 2.05) is 12.2 Å². The third-order valence-corrected chi connectivity index (χ3v) is 2.50. The number of aromatic nitrogens is 2. The van der Waals surface area contributed by atoms with E-state index in [2.05, 4.69) is 15.5 Å². The summed E-state index contributed by atoms with van der Waals surface area (Å²) in [6.07, 6.45) is 6.30. The van der Waals surface area contributed by atoms with E-state index >= 15 is 0 Å². The van der Waals surface area contributed by atoms with E-state index in [1.165, 1.54) is 6.33 Å². The largest absolute Gasteiger partial charge is 0.355 e. The Morgan fingerprint density at radius 3 is 3.12 bits per heavy atom. The maximum atomic E-state index is 11.6. The molecule has 0 saturated heterocycles. The Bertz CT molecular complexity index is 374. The fourth-order valence-corrected chi connectivity index (χ4v) is 1.65. The summed E-state index contributed by atoms with van der Waals surface area (Å²) in [7, 11) is 0. The predicted octanol–water partition coefficient (Wildman–Crippen LogP) is -0.368. The molecule has 0 aromatic carbocycles. The third kappa shape index (κ3) is 2.66. The van der Waals surface area contributed by atoms with Crippen molar-refractivity contribution in [3.63, 3.8) is 0 Å². The molecule has 1 aliphatic carbocycles. The summed E-state index contributed by atoms with van der Waals surface area (Å²) < 4.78 is 4.81. The van der Waals surface area contributed by atoms with Gasteiger partial charge in [0, 0.05) is 19.0 Å². The van der Waals surface area contributed by atoms with E-state index < -0.39 is 0 Å². The van der Waals surface area contributed by atoms with Crippen molar-refractivity contribution >= 4 is 5.91 Å². The molecule has 1 aromatic rings. The van der Waals surface area contributed by atoms with Gasteiger partial charge in [0.2, 0.25) is 11.8 Å². The zero-order valence-electron chi connectivity index (χ0n) is 8.80. The molecule has 2 unspecified atom stereocenters. The highest BCUT2D eigenvalue weighted by Gasteiger charge is 2.22. The molecule has 0 bridgehead atoms. The Labute approximate surface area is 92.9 Å². The number of hydrogen-bond acceptors (Lipinski definition) is 5. The fourth-order valence-electron chi connectivity index (χ4n) is 1.65. The molecule has 0 saturated carbocycles. The lowest BCUT2D eigenvalue weighted by molar-refractivity contribution is -0.123. The average molecular weight is 222 g/mol. The Morgan fingerprint density at radius 1 is 1.62 bits per heavy atom. The van der Waals surface area contributed by atoms with Crippen LogP contribution in [0, 0.1) is 5.92 Å². The van der Waals surface area contributed by atoms with E-state index in [9.17, 15) is 4.79 Å². The number of carbonyl (C=O) groups is 1. The van der Waals surface area contributed by atoms with Crippen molar-refractivity contribution in [1.82, 2.24) is 15.5 Å². The third-order valence-electron chi connectivity index (χ3n) is 2.50. The van der Waals surface area contributed by atoms with Crippen LogP contribution >= 0.6 is 0 Å². The van der Waals surface area contributed by atoms with Gasteiger partial charge in [-0.1, -0.05) is 17.3 Å². The summed E-state index contributed by atoms with van der Waals surface area (Å²) >= 11 is 0. The van der Waals surface area contributed by atoms with Crippen LogP contribution in [0.5, 0.6) is 0 Å². The zero-order valence-corrected chi connectivity index (χ0v) is 8.80. The van der Waals surface area contributed by atoms with Crippen molar-refractivity contribution in [2.75, 3.05) is 6.54 Å². The van der Waals surface area contributed by atoms with Gasteiger partial charge in [-0.2, -0.15) is 4.98 Å². The van der Waals surface area contributed by atoms with Crippen LogP contribution in [0.1, 0.15) is 12.3 Å². The molecule has 0 spiro atoms. The molecule has 6 heteroatoms. The van der Waals surface area contributed by atoms with Gasteiger partial charge in [0.05, 0.1) is 5.92 Å². The first-order valence-corrected chi connectivity index (χ1v) is 5.23. The molecule has 1 heterocycles. The summed E-state index contributed by atoms with van der Waals surface area (Å²) in [5.74, 6) is 0.431. The van der Waals surface area contributed by atoms with Crippen LogP contribution in [0.15, 0.2) is 23.0 Å². The Hall–Kier alpha value is -1.69. The van der Waals surface area contributed by atoms with Crippen LogP contribution in [-0.4, -0.2) is 28.6 Å². The number of carbonyl (C=O) groups excluding carboxylic acids is 1. The van der Waals surface area contributed by atoms with E-state index in [4.69, 9.17) is 10.3 Å². The van der Waals surface area contributed by atoms with E-state index in [0.717, 1.165) is 0 Å². The van der Waals surface area contributed by atoms with Gasteiger partial charge in [-0.3, -0.25) is 4.79 Å². The highest BCUT2D eigenvalue weighted by atomic mass is 16.5. The first-order valence-electron chi connectivity index (χ1n) is 5.23. The molecule has 86 valence electrons. The summed E-state index contributed by atoms with van der Waals surface area (Å²) in [6, 6.07) is 0.00619. The van der Waals surface area contributed by atoms with E-state index in [-0.39, 0.29) is 17.9 Å². The molecule has 2 rings (SSSR count). The van der Waals surface area contributed by atoms with Crippen molar-refractivity contribution in [1.29, 1.82) is 0 Å². The highest BCUT2D eigenvalue weighted by Crippen LogP contribution is 2.15. The van der Waals surface area contributed by atoms with Crippen molar-refractivity contribution in [2.24, 2.45) is 11.7 Å². The summed E-state index contributed by atoms with van der Waals surface area (Å²) in [4.78, 5) is 15.5. The van der Waals surface area contributed by atoms with Gasteiger partial charge in [0.15, 0.2) is 6.33 Å². The minimum atomic E-state index is -0.0994. The Balaban J connectivity index is 1.70. The van der Waals surface area contributed by atoms with Crippen LogP contribution in [0.25, 0.3) is 0 Å². The summed E-state index contributed by atoms with van der Waals surface area (Å²) in [5, 5.41) is 6.29. The second kappa shape index (κ2) is 4.89. The predicted molar refractivity (Wildman–Crippen MR) is 56.2 cm³/mol. The van der Waals surface area contributed by atoms with Gasteiger partial charge >= 0.3 is 0 Å². The molecular formula is C10H14N4O2. The van der Waals surface area contributed by atoms with Crippen molar-refractivity contribution in [3.05, 3.63) is 24.4 Å². The Kier molecular flexibility index (Phi) is 3.31. The normalized spacial score (nSPS) is 23.6. The molecule has 1 amide bonds. The smallest absolute Gasteiger partial charge is 0.228 e. The van der Waals surface area contributed by atoms with Crippen LogP contribution in [-0.2, 0) is 11.2 Å². The quantitative estimate of drug-likeness (QED) is 0.678. The van der Waals surface area contributed by atoms with Gasteiger partial charge in [0.25, 0.3) is 0 Å². The van der Waals surface area contributed by atoms with Crippen LogP contribution in [0.3, 0.4) is 0 Å². The molecule has 3 N–H and O–H groups in total. The monoisotopic (exact) mass is 222 g/mol. The van der Waals surface area contributed by atoms with E-state index in [0.29, 0.717) is 25.3 Å². The van der Waals surface area contributed by atoms with Crippen molar-refractivity contribution in [3.8, 4) is 0 Å². The highest BCUT2D eigenvalue weighted by molar-refractivity contribution is 5.81. The lowest BCUT2D eigenvalue weighted by Crippen LogP contribution is -2.32. The minimum Gasteiger partial charge on any atom is -0.355 e. The van der Waals surface area contributed by atoms with Crippen LogP contribution < -0.4 is 11.1 Å². The van der Waals surface area contributed by atoms with Crippen molar-refractivity contribution < 1.29 is 9.32 Å². The molecule has 0 radical (unpaired) electrons. The van der Waals surface area contributed by atoms with Gasteiger partial charge < -0.3 is 15.6 Å². The molecule has 1 aromatic heterocycles. The topological polar surface area (TPSA) is 94.0 Å². The minimum absolute atomic E-state index is 0.00344. The maximum absolute atomic E-state index is 11.6. The molecule has 16 heavy (non-hydrogen) atoms. The van der Waals surface area contributed by atoms with Crippen LogP contribution in [0.2, 0.25) is 0 Å². The molecule has 6 nitrogen and oxygen atoms in total.